The summed E-state index contributed by atoms with van der Waals surface area (Å²) in [4.78, 5) is 30.4. The van der Waals surface area contributed by atoms with Gasteiger partial charge in [0.2, 0.25) is 0 Å². The van der Waals surface area contributed by atoms with Crippen molar-refractivity contribution in [3.8, 4) is 0 Å². The van der Waals surface area contributed by atoms with E-state index in [1.165, 1.54) is 11.1 Å². The molecule has 0 spiro atoms. The van der Waals surface area contributed by atoms with E-state index in [1.54, 1.807) is 0 Å². The first kappa shape index (κ1) is 41.3. The molecule has 0 aliphatic carbocycles. The topological polar surface area (TPSA) is 114 Å². The van der Waals surface area contributed by atoms with Crippen LogP contribution in [0.5, 0.6) is 0 Å². The van der Waals surface area contributed by atoms with E-state index < -0.39 is 0 Å². The lowest BCUT2D eigenvalue weighted by Gasteiger charge is -2.17. The van der Waals surface area contributed by atoms with E-state index in [0.29, 0.717) is 24.2 Å². The lowest BCUT2D eigenvalue weighted by Crippen LogP contribution is -2.29. The highest BCUT2D eigenvalue weighted by Gasteiger charge is 2.10. The summed E-state index contributed by atoms with van der Waals surface area (Å²) in [6.45, 7) is 4.78. The summed E-state index contributed by atoms with van der Waals surface area (Å²) in [5, 5.41) is 25.1. The average Bonchev–Trinajstić information content (AvgIpc) is 3.27. The van der Waals surface area contributed by atoms with E-state index in [1.807, 2.05) is 121 Å². The summed E-state index contributed by atoms with van der Waals surface area (Å²) in [5.74, 6) is -0.193. The molecule has 0 aromatic heterocycles. The number of benzene rings is 6. The molecule has 0 aliphatic rings. The van der Waals surface area contributed by atoms with Gasteiger partial charge in [-0.3, -0.25) is 9.59 Å². The lowest BCUT2D eigenvalue weighted by molar-refractivity contribution is 0.0943. The Balaban J connectivity index is 0.841. The summed E-state index contributed by atoms with van der Waals surface area (Å²) in [6.07, 6.45) is 3.56. The molecule has 0 atom stereocenters. The van der Waals surface area contributed by atoms with E-state index in [4.69, 9.17) is 0 Å². The van der Waals surface area contributed by atoms with Crippen LogP contribution in [0.4, 0.5) is 22.7 Å². The Morgan fingerprint density at radius 3 is 1.19 bits per heavy atom. The van der Waals surface area contributed by atoms with Crippen molar-refractivity contribution in [2.24, 2.45) is 20.5 Å². The maximum absolute atomic E-state index is 12.9. The summed E-state index contributed by atoms with van der Waals surface area (Å²) in [5.41, 5.74) is 7.04. The normalized spacial score (nSPS) is 11.6. The van der Waals surface area contributed by atoms with Crippen molar-refractivity contribution in [3.63, 3.8) is 0 Å². The van der Waals surface area contributed by atoms with Crippen molar-refractivity contribution in [1.29, 1.82) is 0 Å². The first-order chi connectivity index (χ1) is 28.4. The Labute approximate surface area is 341 Å². The van der Waals surface area contributed by atoms with Crippen molar-refractivity contribution in [2.45, 2.75) is 25.7 Å². The Morgan fingerprint density at radius 1 is 0.448 bits per heavy atom. The van der Waals surface area contributed by atoms with Crippen LogP contribution >= 0.6 is 0 Å². The zero-order valence-electron chi connectivity index (χ0n) is 33.4. The van der Waals surface area contributed by atoms with Gasteiger partial charge in [0, 0.05) is 37.3 Å². The van der Waals surface area contributed by atoms with Gasteiger partial charge in [-0.2, -0.15) is 20.5 Å². The van der Waals surface area contributed by atoms with Gasteiger partial charge in [0.25, 0.3) is 11.8 Å². The third-order valence-electron chi connectivity index (χ3n) is 9.88. The lowest BCUT2D eigenvalue weighted by atomic mass is 10.0. The minimum Gasteiger partial charge on any atom is -0.352 e. The molecule has 6 rings (SSSR count). The SMILES string of the molecule is CN(CCCNC(=O)c1ccc2cc(C(=O)NCCCN(C)CCc3ccc(N=Nc4ccccc4)cc3)ccc2c1)CCc1ccc(N=Nc2ccccc2)cc1. The molecule has 6 aromatic carbocycles. The first-order valence-electron chi connectivity index (χ1n) is 20.0. The van der Waals surface area contributed by atoms with Crippen molar-refractivity contribution < 1.29 is 9.59 Å². The largest absolute Gasteiger partial charge is 0.352 e. The van der Waals surface area contributed by atoms with Crippen LogP contribution in [0.2, 0.25) is 0 Å². The summed E-state index contributed by atoms with van der Waals surface area (Å²) in [7, 11) is 4.21. The second-order valence-corrected chi connectivity index (χ2v) is 14.5. The second kappa shape index (κ2) is 21.8. The molecule has 6 aromatic rings. The standard InChI is InChI=1S/C48H52N8O2/c1-55(33-27-37-15-23-45(24-16-37)53-51-43-11-5-3-6-12-43)31-9-29-49-47(57)41-21-19-40-36-42(22-20-39(40)35-41)48(58)50-30-10-32-56(2)34-28-38-17-25-46(26-18-38)54-52-44-13-7-4-8-14-44/h3-8,11-26,35-36H,9-10,27-34H2,1-2H3,(H,49,57)(H,50,58). The van der Waals surface area contributed by atoms with E-state index >= 15 is 0 Å². The fraction of sp³-hybridized carbons (Fsp3) is 0.250. The smallest absolute Gasteiger partial charge is 0.251 e. The van der Waals surface area contributed by atoms with Gasteiger partial charge in [0.05, 0.1) is 22.7 Å². The molecule has 0 aliphatic heterocycles. The van der Waals surface area contributed by atoms with Crippen LogP contribution in [0.25, 0.3) is 10.8 Å². The maximum Gasteiger partial charge on any atom is 0.251 e. The monoisotopic (exact) mass is 772 g/mol. The molecule has 2 amide bonds. The van der Waals surface area contributed by atoms with Crippen LogP contribution in [-0.2, 0) is 12.8 Å². The number of likely N-dealkylation sites (N-methyl/N-ethyl adjacent to an activating group) is 2. The minimum absolute atomic E-state index is 0.0967. The Morgan fingerprint density at radius 2 is 0.810 bits per heavy atom. The Kier molecular flexibility index (Phi) is 15.5. The molecule has 0 unspecified atom stereocenters. The Hall–Kier alpha value is -6.36. The highest BCUT2D eigenvalue weighted by Crippen LogP contribution is 2.21. The number of fused-ring (bicyclic) bond motifs is 1. The summed E-state index contributed by atoms with van der Waals surface area (Å²) < 4.78 is 0. The van der Waals surface area contributed by atoms with Gasteiger partial charge in [0.15, 0.2) is 0 Å². The fourth-order valence-electron chi connectivity index (χ4n) is 6.38. The zero-order valence-corrected chi connectivity index (χ0v) is 33.4. The third-order valence-corrected chi connectivity index (χ3v) is 9.88. The number of nitrogens with one attached hydrogen (secondary N) is 2. The van der Waals surface area contributed by atoms with Crippen molar-refractivity contribution in [2.75, 3.05) is 53.4 Å². The fourth-order valence-corrected chi connectivity index (χ4v) is 6.38. The van der Waals surface area contributed by atoms with Crippen molar-refractivity contribution in [1.82, 2.24) is 20.4 Å². The van der Waals surface area contributed by atoms with Crippen molar-refractivity contribution in [3.05, 3.63) is 168 Å². The number of nitrogens with zero attached hydrogens (tertiary/aromatic N) is 6. The Bertz CT molecular complexity index is 2100. The van der Waals surface area contributed by atoms with E-state index in [0.717, 1.165) is 85.4 Å². The predicted molar refractivity (Wildman–Crippen MR) is 234 cm³/mol. The molecule has 10 nitrogen and oxygen atoms in total. The molecule has 58 heavy (non-hydrogen) atoms. The van der Waals surface area contributed by atoms with E-state index in [2.05, 4.69) is 79.3 Å². The number of carbonyl (C=O) groups is 2. The van der Waals surface area contributed by atoms with Gasteiger partial charge < -0.3 is 20.4 Å². The number of amides is 2. The molecule has 0 bridgehead atoms. The molecule has 0 saturated heterocycles. The molecule has 0 radical (unpaired) electrons. The quantitative estimate of drug-likeness (QED) is 0.0594. The van der Waals surface area contributed by atoms with Crippen LogP contribution in [0.15, 0.2) is 166 Å². The number of carbonyl (C=O) groups excluding carboxylic acids is 2. The van der Waals surface area contributed by atoms with Crippen LogP contribution in [0.1, 0.15) is 44.7 Å². The van der Waals surface area contributed by atoms with Crippen molar-refractivity contribution >= 4 is 45.3 Å². The molecule has 0 heterocycles. The number of hydrogen-bond donors (Lipinski definition) is 2. The number of hydrogen-bond acceptors (Lipinski definition) is 8. The third kappa shape index (κ3) is 13.4. The van der Waals surface area contributed by atoms with E-state index in [-0.39, 0.29) is 11.8 Å². The zero-order chi connectivity index (χ0) is 40.4. The molecule has 0 fully saturated rings. The average molecular weight is 773 g/mol. The predicted octanol–water partition coefficient (Wildman–Crippen LogP) is 10.3. The van der Waals surface area contributed by atoms with Gasteiger partial charge in [0.1, 0.15) is 0 Å². The minimum atomic E-state index is -0.0967. The van der Waals surface area contributed by atoms with Crippen LogP contribution in [0, 0.1) is 0 Å². The summed E-state index contributed by atoms with van der Waals surface area (Å²) >= 11 is 0. The van der Waals surface area contributed by atoms with Gasteiger partial charge in [-0.05, 0) is 148 Å². The molecule has 2 N–H and O–H groups in total. The first-order valence-corrected chi connectivity index (χ1v) is 20.0. The van der Waals surface area contributed by atoms with Gasteiger partial charge in [-0.15, -0.1) is 0 Å². The van der Waals surface area contributed by atoms with Gasteiger partial charge in [-0.25, -0.2) is 0 Å². The van der Waals surface area contributed by atoms with Crippen LogP contribution in [0.3, 0.4) is 0 Å². The maximum atomic E-state index is 12.9. The van der Waals surface area contributed by atoms with Gasteiger partial charge >= 0.3 is 0 Å². The molecular formula is C48H52N8O2. The molecular weight excluding hydrogens is 721 g/mol. The highest BCUT2D eigenvalue weighted by molar-refractivity contribution is 6.01. The highest BCUT2D eigenvalue weighted by atomic mass is 16.2. The van der Waals surface area contributed by atoms with E-state index in [9.17, 15) is 9.59 Å². The number of rotatable bonds is 20. The molecule has 296 valence electrons. The molecule has 10 heteroatoms. The summed E-state index contributed by atoms with van der Waals surface area (Å²) in [6, 6.07) is 47.0. The second-order valence-electron chi connectivity index (χ2n) is 14.5. The van der Waals surface area contributed by atoms with Crippen LogP contribution in [-0.4, -0.2) is 75.0 Å². The number of azo groups is 2. The van der Waals surface area contributed by atoms with Crippen LogP contribution < -0.4 is 10.6 Å². The van der Waals surface area contributed by atoms with Gasteiger partial charge in [-0.1, -0.05) is 72.8 Å². The molecule has 0 saturated carbocycles.